The molecule has 0 bridgehead atoms. The van der Waals surface area contributed by atoms with Gasteiger partial charge >= 0.3 is 0 Å². The van der Waals surface area contributed by atoms with Gasteiger partial charge in [0.1, 0.15) is 0 Å². The zero-order valence-electron chi connectivity index (χ0n) is 5.93. The van der Waals surface area contributed by atoms with E-state index in [0.29, 0.717) is 5.92 Å². The molecule has 1 aliphatic heterocycles. The minimum absolute atomic E-state index is 0.0451. The van der Waals surface area contributed by atoms with E-state index in [9.17, 15) is 5.11 Å². The summed E-state index contributed by atoms with van der Waals surface area (Å²) in [6.45, 7) is 4.11. The van der Waals surface area contributed by atoms with Gasteiger partial charge in [0.2, 0.25) is 0 Å². The number of aliphatic hydroxyl groups is 1. The number of rotatable bonds is 1. The van der Waals surface area contributed by atoms with E-state index < -0.39 is 0 Å². The van der Waals surface area contributed by atoms with Crippen LogP contribution in [0.5, 0.6) is 0 Å². The monoisotopic (exact) mass is 129 g/mol. The Hall–Kier alpha value is -0.0800. The number of hydrogen-bond acceptors (Lipinski definition) is 2. The van der Waals surface area contributed by atoms with Crippen molar-refractivity contribution in [2.75, 3.05) is 13.1 Å². The summed E-state index contributed by atoms with van der Waals surface area (Å²) in [5, 5.41) is 12.6. The fourth-order valence-corrected chi connectivity index (χ4v) is 1.33. The molecule has 0 aromatic heterocycles. The van der Waals surface area contributed by atoms with E-state index in [-0.39, 0.29) is 6.10 Å². The molecule has 0 aromatic rings. The SMILES string of the molecule is CC[C@@H]1CNCC[C@@H]1O. The zero-order chi connectivity index (χ0) is 6.69. The first-order valence-corrected chi connectivity index (χ1v) is 3.73. The molecule has 1 fully saturated rings. The molecule has 9 heavy (non-hydrogen) atoms. The summed E-state index contributed by atoms with van der Waals surface area (Å²) in [4.78, 5) is 0. The second kappa shape index (κ2) is 3.18. The van der Waals surface area contributed by atoms with Gasteiger partial charge in [0.25, 0.3) is 0 Å². The van der Waals surface area contributed by atoms with Gasteiger partial charge in [-0.15, -0.1) is 0 Å². The van der Waals surface area contributed by atoms with Gasteiger partial charge in [-0.05, 0) is 25.3 Å². The van der Waals surface area contributed by atoms with Crippen molar-refractivity contribution in [1.82, 2.24) is 5.32 Å². The Kier molecular flexibility index (Phi) is 2.49. The fraction of sp³-hybridized carbons (Fsp3) is 1.00. The van der Waals surface area contributed by atoms with Crippen molar-refractivity contribution in [3.8, 4) is 0 Å². The molecule has 1 saturated heterocycles. The summed E-state index contributed by atoms with van der Waals surface area (Å²) in [7, 11) is 0. The normalized spacial score (nSPS) is 36.7. The van der Waals surface area contributed by atoms with E-state index >= 15 is 0 Å². The molecule has 0 radical (unpaired) electrons. The van der Waals surface area contributed by atoms with Crippen LogP contribution in [0.2, 0.25) is 0 Å². The Balaban J connectivity index is 2.30. The molecule has 0 amide bonds. The Morgan fingerprint density at radius 3 is 2.89 bits per heavy atom. The molecule has 0 aliphatic carbocycles. The van der Waals surface area contributed by atoms with Gasteiger partial charge in [0.15, 0.2) is 0 Å². The van der Waals surface area contributed by atoms with Crippen LogP contribution in [0.4, 0.5) is 0 Å². The lowest BCUT2D eigenvalue weighted by Crippen LogP contribution is -2.39. The summed E-state index contributed by atoms with van der Waals surface area (Å²) in [5.74, 6) is 0.499. The van der Waals surface area contributed by atoms with Crippen LogP contribution in [0.1, 0.15) is 19.8 Å². The van der Waals surface area contributed by atoms with Gasteiger partial charge in [-0.25, -0.2) is 0 Å². The maximum Gasteiger partial charge on any atom is 0.0592 e. The maximum atomic E-state index is 9.33. The lowest BCUT2D eigenvalue weighted by atomic mass is 9.94. The van der Waals surface area contributed by atoms with E-state index in [2.05, 4.69) is 12.2 Å². The molecule has 0 unspecified atom stereocenters. The van der Waals surface area contributed by atoms with Gasteiger partial charge in [-0.3, -0.25) is 0 Å². The molecular formula is C7H15NO. The fourth-order valence-electron chi connectivity index (χ4n) is 1.33. The van der Waals surface area contributed by atoms with E-state index in [0.717, 1.165) is 25.9 Å². The number of piperidine rings is 1. The first-order chi connectivity index (χ1) is 4.34. The first kappa shape index (κ1) is 7.03. The van der Waals surface area contributed by atoms with Gasteiger partial charge < -0.3 is 10.4 Å². The van der Waals surface area contributed by atoms with Crippen molar-refractivity contribution >= 4 is 0 Å². The summed E-state index contributed by atoms with van der Waals surface area (Å²) in [6, 6.07) is 0. The predicted molar refractivity (Wildman–Crippen MR) is 37.3 cm³/mol. The average molecular weight is 129 g/mol. The second-order valence-electron chi connectivity index (χ2n) is 2.73. The number of aliphatic hydroxyl groups excluding tert-OH is 1. The minimum Gasteiger partial charge on any atom is -0.393 e. The van der Waals surface area contributed by atoms with Crippen LogP contribution in [-0.2, 0) is 0 Å². The van der Waals surface area contributed by atoms with E-state index in [1.54, 1.807) is 0 Å². The first-order valence-electron chi connectivity index (χ1n) is 3.73. The second-order valence-corrected chi connectivity index (χ2v) is 2.73. The molecule has 54 valence electrons. The van der Waals surface area contributed by atoms with Crippen molar-refractivity contribution in [2.45, 2.75) is 25.9 Å². The molecule has 1 aliphatic rings. The predicted octanol–water partition coefficient (Wildman–Crippen LogP) is 0.367. The molecule has 1 rings (SSSR count). The Morgan fingerprint density at radius 1 is 1.67 bits per heavy atom. The molecule has 0 spiro atoms. The quantitative estimate of drug-likeness (QED) is 0.536. The largest absolute Gasteiger partial charge is 0.393 e. The third-order valence-corrected chi connectivity index (χ3v) is 2.09. The van der Waals surface area contributed by atoms with Gasteiger partial charge in [-0.1, -0.05) is 6.92 Å². The van der Waals surface area contributed by atoms with Crippen LogP contribution < -0.4 is 5.32 Å². The van der Waals surface area contributed by atoms with Gasteiger partial charge in [0.05, 0.1) is 6.10 Å². The highest BCUT2D eigenvalue weighted by atomic mass is 16.3. The van der Waals surface area contributed by atoms with Crippen LogP contribution in [-0.4, -0.2) is 24.3 Å². The third kappa shape index (κ3) is 1.66. The van der Waals surface area contributed by atoms with Gasteiger partial charge in [0, 0.05) is 6.54 Å². The highest BCUT2D eigenvalue weighted by molar-refractivity contribution is 4.75. The van der Waals surface area contributed by atoms with Crippen LogP contribution in [0, 0.1) is 5.92 Å². The number of nitrogens with one attached hydrogen (secondary N) is 1. The molecule has 2 atom stereocenters. The van der Waals surface area contributed by atoms with Crippen LogP contribution in [0.3, 0.4) is 0 Å². The van der Waals surface area contributed by atoms with Crippen molar-refractivity contribution in [3.63, 3.8) is 0 Å². The van der Waals surface area contributed by atoms with Crippen molar-refractivity contribution < 1.29 is 5.11 Å². The summed E-state index contributed by atoms with van der Waals surface area (Å²) in [6.07, 6.45) is 1.98. The van der Waals surface area contributed by atoms with Crippen LogP contribution >= 0.6 is 0 Å². The van der Waals surface area contributed by atoms with Crippen molar-refractivity contribution in [1.29, 1.82) is 0 Å². The highest BCUT2D eigenvalue weighted by Crippen LogP contribution is 2.13. The third-order valence-electron chi connectivity index (χ3n) is 2.09. The van der Waals surface area contributed by atoms with Crippen LogP contribution in [0.15, 0.2) is 0 Å². The highest BCUT2D eigenvalue weighted by Gasteiger charge is 2.19. The summed E-state index contributed by atoms with van der Waals surface area (Å²) < 4.78 is 0. The molecule has 0 aromatic carbocycles. The van der Waals surface area contributed by atoms with E-state index in [4.69, 9.17) is 0 Å². The van der Waals surface area contributed by atoms with Crippen LogP contribution in [0.25, 0.3) is 0 Å². The summed E-state index contributed by atoms with van der Waals surface area (Å²) in [5.41, 5.74) is 0. The summed E-state index contributed by atoms with van der Waals surface area (Å²) >= 11 is 0. The molecule has 1 heterocycles. The Bertz CT molecular complexity index is 85.0. The molecule has 2 nitrogen and oxygen atoms in total. The van der Waals surface area contributed by atoms with Crippen molar-refractivity contribution in [3.05, 3.63) is 0 Å². The van der Waals surface area contributed by atoms with Gasteiger partial charge in [-0.2, -0.15) is 0 Å². The smallest absolute Gasteiger partial charge is 0.0592 e. The maximum absolute atomic E-state index is 9.33. The minimum atomic E-state index is -0.0451. The number of hydrogen-bond donors (Lipinski definition) is 2. The lowest BCUT2D eigenvalue weighted by Gasteiger charge is -2.26. The Morgan fingerprint density at radius 2 is 2.44 bits per heavy atom. The van der Waals surface area contributed by atoms with E-state index in [1.807, 2.05) is 0 Å². The van der Waals surface area contributed by atoms with E-state index in [1.165, 1.54) is 0 Å². The molecule has 2 N–H and O–H groups in total. The zero-order valence-corrected chi connectivity index (χ0v) is 5.93. The van der Waals surface area contributed by atoms with Crippen molar-refractivity contribution in [2.24, 2.45) is 5.92 Å². The average Bonchev–Trinajstić information content (AvgIpc) is 1.89. The lowest BCUT2D eigenvalue weighted by molar-refractivity contribution is 0.0771. The Labute approximate surface area is 56.3 Å². The topological polar surface area (TPSA) is 32.3 Å². The molecule has 0 saturated carbocycles. The molecule has 2 heteroatoms. The molecular weight excluding hydrogens is 114 g/mol. The standard InChI is InChI=1S/C7H15NO/c1-2-6-5-8-4-3-7(6)9/h6-9H,2-5H2,1H3/t6-,7+/m1/s1.